The Bertz CT molecular complexity index is 1040. The molecule has 0 radical (unpaired) electrons. The molecule has 1 unspecified atom stereocenters. The summed E-state index contributed by atoms with van der Waals surface area (Å²) in [5.74, 6) is -2.74. The van der Waals surface area contributed by atoms with Gasteiger partial charge in [0.15, 0.2) is 9.84 Å². The van der Waals surface area contributed by atoms with E-state index < -0.39 is 44.4 Å². The first-order valence-electron chi connectivity index (χ1n) is 9.54. The molecular weight excluding hydrogens is 433 g/mol. The van der Waals surface area contributed by atoms with E-state index in [1.807, 2.05) is 6.92 Å². The first kappa shape index (κ1) is 24.4. The van der Waals surface area contributed by atoms with Gasteiger partial charge in [-0.1, -0.05) is 32.0 Å². The molecule has 168 valence electrons. The van der Waals surface area contributed by atoms with Gasteiger partial charge in [-0.2, -0.15) is 13.2 Å². The summed E-state index contributed by atoms with van der Waals surface area (Å²) in [5.41, 5.74) is 0.297. The summed E-state index contributed by atoms with van der Waals surface area (Å²) in [6.45, 7) is 3.41. The van der Waals surface area contributed by atoms with E-state index in [1.54, 1.807) is 24.3 Å². The zero-order chi connectivity index (χ0) is 23.2. The van der Waals surface area contributed by atoms with Crippen molar-refractivity contribution in [1.82, 2.24) is 0 Å². The molecule has 2 amide bonds. The number of hydrogen-bond acceptors (Lipinski definition) is 4. The Kier molecular flexibility index (Phi) is 7.83. The van der Waals surface area contributed by atoms with Gasteiger partial charge in [0.1, 0.15) is 11.0 Å². The van der Waals surface area contributed by atoms with Gasteiger partial charge in [-0.3, -0.25) is 9.59 Å². The molecule has 0 spiro atoms. The molecule has 2 rings (SSSR count). The quantitative estimate of drug-likeness (QED) is 0.627. The molecule has 2 aromatic rings. The van der Waals surface area contributed by atoms with Gasteiger partial charge in [0, 0.05) is 11.4 Å². The number of nitrogens with one attached hydrogen (secondary N) is 2. The van der Waals surface area contributed by atoms with Crippen LogP contribution in [0.4, 0.5) is 24.5 Å². The van der Waals surface area contributed by atoms with Crippen LogP contribution in [0.1, 0.15) is 31.4 Å². The second-order valence-corrected chi connectivity index (χ2v) is 9.05. The number of benzene rings is 2. The summed E-state index contributed by atoms with van der Waals surface area (Å²) in [7, 11) is -4.21. The Morgan fingerprint density at radius 3 is 2.16 bits per heavy atom. The topological polar surface area (TPSA) is 92.3 Å². The van der Waals surface area contributed by atoms with E-state index in [0.717, 1.165) is 24.1 Å². The molecule has 0 aliphatic rings. The smallest absolute Gasteiger partial charge is 0.325 e. The van der Waals surface area contributed by atoms with Gasteiger partial charge >= 0.3 is 6.18 Å². The van der Waals surface area contributed by atoms with E-state index in [1.165, 1.54) is 13.0 Å². The summed E-state index contributed by atoms with van der Waals surface area (Å²) in [5, 5.41) is 3.08. The van der Waals surface area contributed by atoms with Crippen LogP contribution < -0.4 is 10.6 Å². The maximum atomic E-state index is 12.8. The first-order valence-corrected chi connectivity index (χ1v) is 11.3. The molecule has 2 aromatic carbocycles. The molecule has 0 aliphatic carbocycles. The van der Waals surface area contributed by atoms with Gasteiger partial charge in [0.2, 0.25) is 11.8 Å². The molecule has 0 saturated carbocycles. The predicted octanol–water partition coefficient (Wildman–Crippen LogP) is 4.04. The molecule has 0 aromatic heterocycles. The fourth-order valence-electron chi connectivity index (χ4n) is 2.90. The van der Waals surface area contributed by atoms with E-state index in [-0.39, 0.29) is 12.1 Å². The minimum atomic E-state index is -4.61. The predicted molar refractivity (Wildman–Crippen MR) is 112 cm³/mol. The number of amides is 2. The maximum Gasteiger partial charge on any atom is 0.416 e. The number of aryl methyl sites for hydroxylation is 1. The summed E-state index contributed by atoms with van der Waals surface area (Å²) < 4.78 is 63.7. The highest BCUT2D eigenvalue weighted by molar-refractivity contribution is 7.93. The number of carbonyl (C=O) groups is 2. The number of halogens is 3. The number of sulfone groups is 1. The van der Waals surface area contributed by atoms with Crippen LogP contribution in [0.3, 0.4) is 0 Å². The number of hydrogen-bond donors (Lipinski definition) is 2. The van der Waals surface area contributed by atoms with Crippen LogP contribution in [0, 0.1) is 0 Å². The van der Waals surface area contributed by atoms with E-state index >= 15 is 0 Å². The maximum absolute atomic E-state index is 12.8. The van der Waals surface area contributed by atoms with E-state index in [4.69, 9.17) is 0 Å². The molecule has 6 nitrogen and oxygen atoms in total. The standard InChI is InChI=1S/C21H23F3N2O4S/c1-3-14-8-10-16(11-9-14)25-19(27)13-31(29,30)18(4-2)20(28)26-17-7-5-6-15(12-17)21(22,23)24/h5-12,18H,3-4,13H2,1-2H3,(H,25,27)(H,26,28). The van der Waals surface area contributed by atoms with Crippen molar-refractivity contribution in [2.45, 2.75) is 38.1 Å². The number of rotatable bonds is 8. The van der Waals surface area contributed by atoms with Crippen molar-refractivity contribution in [3.8, 4) is 0 Å². The van der Waals surface area contributed by atoms with Gasteiger partial charge in [-0.05, 0) is 48.7 Å². The lowest BCUT2D eigenvalue weighted by Gasteiger charge is -2.16. The van der Waals surface area contributed by atoms with Gasteiger partial charge in [0.05, 0.1) is 5.56 Å². The molecule has 0 aliphatic heterocycles. The molecule has 2 N–H and O–H groups in total. The highest BCUT2D eigenvalue weighted by atomic mass is 32.2. The second-order valence-electron chi connectivity index (χ2n) is 6.87. The zero-order valence-corrected chi connectivity index (χ0v) is 17.8. The third-order valence-corrected chi connectivity index (χ3v) is 6.61. The lowest BCUT2D eigenvalue weighted by atomic mass is 10.1. The Morgan fingerprint density at radius 2 is 1.61 bits per heavy atom. The molecule has 31 heavy (non-hydrogen) atoms. The number of carbonyl (C=O) groups excluding carboxylic acids is 2. The van der Waals surface area contributed by atoms with Gasteiger partial charge in [-0.15, -0.1) is 0 Å². The summed E-state index contributed by atoms with van der Waals surface area (Å²) in [4.78, 5) is 24.7. The van der Waals surface area contributed by atoms with Gasteiger partial charge in [-0.25, -0.2) is 8.42 Å². The van der Waals surface area contributed by atoms with Gasteiger partial charge in [0.25, 0.3) is 0 Å². The average Bonchev–Trinajstić information content (AvgIpc) is 2.67. The van der Waals surface area contributed by atoms with Crippen LogP contribution in [-0.2, 0) is 32.0 Å². The largest absolute Gasteiger partial charge is 0.416 e. The molecule has 10 heteroatoms. The third kappa shape index (κ3) is 6.81. The van der Waals surface area contributed by atoms with Crippen LogP contribution in [0.15, 0.2) is 48.5 Å². The molecule has 0 fully saturated rings. The fraction of sp³-hybridized carbons (Fsp3) is 0.333. The highest BCUT2D eigenvalue weighted by Crippen LogP contribution is 2.30. The van der Waals surface area contributed by atoms with Crippen molar-refractivity contribution >= 4 is 33.0 Å². The molecule has 0 heterocycles. The lowest BCUT2D eigenvalue weighted by Crippen LogP contribution is -2.39. The van der Waals surface area contributed by atoms with Crippen molar-refractivity contribution in [2.75, 3.05) is 16.4 Å². The fourth-order valence-corrected chi connectivity index (χ4v) is 4.43. The van der Waals surface area contributed by atoms with E-state index in [9.17, 15) is 31.2 Å². The molecule has 0 saturated heterocycles. The van der Waals surface area contributed by atoms with Crippen molar-refractivity contribution in [1.29, 1.82) is 0 Å². The molecule has 1 atom stereocenters. The normalized spacial score (nSPS) is 12.8. The van der Waals surface area contributed by atoms with Crippen LogP contribution in [0.25, 0.3) is 0 Å². The van der Waals surface area contributed by atoms with Crippen molar-refractivity contribution in [3.05, 3.63) is 59.7 Å². The Morgan fingerprint density at radius 1 is 0.968 bits per heavy atom. The van der Waals surface area contributed by atoms with E-state index in [0.29, 0.717) is 11.8 Å². The number of alkyl halides is 3. The molecular formula is C21H23F3N2O4S. The van der Waals surface area contributed by atoms with Crippen molar-refractivity contribution in [2.24, 2.45) is 0 Å². The first-order chi connectivity index (χ1) is 14.5. The Hall–Kier alpha value is -2.88. The summed E-state index contributed by atoms with van der Waals surface area (Å²) in [6.07, 6.45) is -3.95. The Balaban J connectivity index is 2.08. The van der Waals surface area contributed by atoms with Gasteiger partial charge < -0.3 is 10.6 Å². The van der Waals surface area contributed by atoms with Crippen molar-refractivity contribution in [3.63, 3.8) is 0 Å². The summed E-state index contributed by atoms with van der Waals surface area (Å²) >= 11 is 0. The zero-order valence-electron chi connectivity index (χ0n) is 17.0. The number of anilines is 2. The minimum Gasteiger partial charge on any atom is -0.325 e. The third-order valence-electron chi connectivity index (χ3n) is 4.53. The SMILES string of the molecule is CCc1ccc(NC(=O)CS(=O)(=O)C(CC)C(=O)Nc2cccc(C(F)(F)F)c2)cc1. The van der Waals surface area contributed by atoms with Crippen LogP contribution in [0.2, 0.25) is 0 Å². The van der Waals surface area contributed by atoms with Crippen LogP contribution >= 0.6 is 0 Å². The van der Waals surface area contributed by atoms with E-state index in [2.05, 4.69) is 10.6 Å². The summed E-state index contributed by atoms with van der Waals surface area (Å²) in [6, 6.07) is 10.7. The lowest BCUT2D eigenvalue weighted by molar-refractivity contribution is -0.137. The van der Waals surface area contributed by atoms with Crippen molar-refractivity contribution < 1.29 is 31.2 Å². The monoisotopic (exact) mass is 456 g/mol. The van der Waals surface area contributed by atoms with Crippen LogP contribution in [-0.4, -0.2) is 31.2 Å². The average molecular weight is 456 g/mol. The minimum absolute atomic E-state index is 0.147. The Labute approximate surface area is 178 Å². The second kappa shape index (κ2) is 9.95. The van der Waals surface area contributed by atoms with Crippen LogP contribution in [0.5, 0.6) is 0 Å². The molecule has 0 bridgehead atoms. The highest BCUT2D eigenvalue weighted by Gasteiger charge is 2.34.